The van der Waals surface area contributed by atoms with Gasteiger partial charge in [-0.3, -0.25) is 14.4 Å². The van der Waals surface area contributed by atoms with Crippen molar-refractivity contribution in [2.24, 2.45) is 0 Å². The first-order valence-corrected chi connectivity index (χ1v) is 9.93. The van der Waals surface area contributed by atoms with Crippen molar-refractivity contribution in [3.8, 4) is 0 Å². The predicted molar refractivity (Wildman–Crippen MR) is 113 cm³/mol. The molecule has 0 fully saturated rings. The van der Waals surface area contributed by atoms with Gasteiger partial charge in [0.15, 0.2) is 0 Å². The van der Waals surface area contributed by atoms with Crippen LogP contribution in [0.4, 0.5) is 10.1 Å². The van der Waals surface area contributed by atoms with Crippen molar-refractivity contribution >= 4 is 17.5 Å². The number of amides is 2. The normalized spacial score (nSPS) is 14.9. The summed E-state index contributed by atoms with van der Waals surface area (Å²) >= 11 is 0. The number of halogens is 1. The number of para-hydroxylation sites is 1. The fourth-order valence-corrected chi connectivity index (χ4v) is 3.67. The van der Waals surface area contributed by atoms with Crippen LogP contribution in [-0.2, 0) is 24.3 Å². The standard InChI is InChI=1S/C23H21FN4O3/c1-15-12-17-4-2-3-5-20(17)28(15)23(31)19-10-11-22(30)27(26-19)14-21(29)25-13-16-6-8-18(24)9-7-16/h2-11,15H,12-14H2,1H3,(H,25,29)/t15-/m0/s1. The van der Waals surface area contributed by atoms with Crippen LogP contribution in [0.15, 0.2) is 65.5 Å². The van der Waals surface area contributed by atoms with E-state index in [0.29, 0.717) is 0 Å². The molecule has 1 atom stereocenters. The lowest BCUT2D eigenvalue weighted by Gasteiger charge is -2.22. The Kier molecular flexibility index (Phi) is 5.62. The third-order valence-corrected chi connectivity index (χ3v) is 5.21. The zero-order valence-electron chi connectivity index (χ0n) is 16.9. The molecule has 4 rings (SSSR count). The number of nitrogens with one attached hydrogen (secondary N) is 1. The van der Waals surface area contributed by atoms with Crippen molar-refractivity contribution in [3.63, 3.8) is 0 Å². The number of anilines is 1. The molecule has 7 nitrogen and oxygen atoms in total. The van der Waals surface area contributed by atoms with Crippen LogP contribution in [0.5, 0.6) is 0 Å². The Morgan fingerprint density at radius 3 is 2.61 bits per heavy atom. The lowest BCUT2D eigenvalue weighted by atomic mass is 10.1. The van der Waals surface area contributed by atoms with Crippen molar-refractivity contribution in [1.82, 2.24) is 15.1 Å². The predicted octanol–water partition coefficient (Wildman–Crippen LogP) is 2.29. The third kappa shape index (κ3) is 4.37. The van der Waals surface area contributed by atoms with Crippen molar-refractivity contribution in [3.05, 3.63) is 93.7 Å². The molecule has 0 radical (unpaired) electrons. The Morgan fingerprint density at radius 2 is 1.84 bits per heavy atom. The van der Waals surface area contributed by atoms with Crippen LogP contribution in [0.2, 0.25) is 0 Å². The summed E-state index contributed by atoms with van der Waals surface area (Å²) < 4.78 is 13.9. The van der Waals surface area contributed by atoms with Crippen LogP contribution in [0.1, 0.15) is 28.5 Å². The molecule has 0 aliphatic carbocycles. The number of hydrogen-bond donors (Lipinski definition) is 1. The monoisotopic (exact) mass is 420 g/mol. The van der Waals surface area contributed by atoms with Crippen LogP contribution in [-0.4, -0.2) is 27.6 Å². The fourth-order valence-electron chi connectivity index (χ4n) is 3.67. The van der Waals surface area contributed by atoms with Gasteiger partial charge in [0.2, 0.25) is 5.91 Å². The van der Waals surface area contributed by atoms with E-state index in [-0.39, 0.29) is 36.5 Å². The molecule has 2 aromatic carbocycles. The Labute approximate surface area is 178 Å². The molecule has 1 aliphatic heterocycles. The van der Waals surface area contributed by atoms with Crippen LogP contribution in [0, 0.1) is 5.82 Å². The second-order valence-corrected chi connectivity index (χ2v) is 7.47. The summed E-state index contributed by atoms with van der Waals surface area (Å²) in [6, 6.07) is 16.0. The highest BCUT2D eigenvalue weighted by atomic mass is 19.1. The van der Waals surface area contributed by atoms with E-state index in [1.807, 2.05) is 31.2 Å². The van der Waals surface area contributed by atoms with Crippen LogP contribution < -0.4 is 15.8 Å². The Bertz CT molecular complexity index is 1190. The summed E-state index contributed by atoms with van der Waals surface area (Å²) in [7, 11) is 0. The lowest BCUT2D eigenvalue weighted by molar-refractivity contribution is -0.122. The zero-order chi connectivity index (χ0) is 22.0. The number of benzene rings is 2. The zero-order valence-corrected chi connectivity index (χ0v) is 16.9. The number of aromatic nitrogens is 2. The number of rotatable bonds is 5. The maximum absolute atomic E-state index is 13.1. The smallest absolute Gasteiger partial charge is 0.278 e. The van der Waals surface area contributed by atoms with Crippen molar-refractivity contribution in [2.75, 3.05) is 4.90 Å². The Hall–Kier alpha value is -3.81. The van der Waals surface area contributed by atoms with Gasteiger partial charge in [0.25, 0.3) is 11.5 Å². The van der Waals surface area contributed by atoms with Gasteiger partial charge in [0, 0.05) is 24.3 Å². The molecule has 0 bridgehead atoms. The maximum Gasteiger partial charge on any atom is 0.278 e. The van der Waals surface area contributed by atoms with Crippen LogP contribution >= 0.6 is 0 Å². The molecular formula is C23H21FN4O3. The van der Waals surface area contributed by atoms with Crippen molar-refractivity contribution in [2.45, 2.75) is 32.5 Å². The molecular weight excluding hydrogens is 399 g/mol. The van der Waals surface area contributed by atoms with E-state index in [2.05, 4.69) is 10.4 Å². The van der Waals surface area contributed by atoms with Crippen molar-refractivity contribution in [1.29, 1.82) is 0 Å². The first-order chi connectivity index (χ1) is 14.9. The number of nitrogens with zero attached hydrogens (tertiary/aromatic N) is 3. The summed E-state index contributed by atoms with van der Waals surface area (Å²) in [5, 5.41) is 6.79. The molecule has 3 aromatic rings. The second-order valence-electron chi connectivity index (χ2n) is 7.47. The van der Waals surface area contributed by atoms with Gasteiger partial charge in [-0.25, -0.2) is 9.07 Å². The van der Waals surface area contributed by atoms with Gasteiger partial charge in [0.05, 0.1) is 0 Å². The summed E-state index contributed by atoms with van der Waals surface area (Å²) in [5.41, 5.74) is 2.24. The van der Waals surface area contributed by atoms with E-state index in [1.54, 1.807) is 17.0 Å². The van der Waals surface area contributed by atoms with Crippen molar-refractivity contribution < 1.29 is 14.0 Å². The second kappa shape index (κ2) is 8.51. The Balaban J connectivity index is 1.48. The van der Waals surface area contributed by atoms with E-state index in [1.165, 1.54) is 24.3 Å². The summed E-state index contributed by atoms with van der Waals surface area (Å²) in [5.74, 6) is -1.12. The molecule has 1 aromatic heterocycles. The molecule has 31 heavy (non-hydrogen) atoms. The quantitative estimate of drug-likeness (QED) is 0.687. The summed E-state index contributed by atoms with van der Waals surface area (Å²) in [6.45, 7) is 1.82. The average molecular weight is 420 g/mol. The first kappa shape index (κ1) is 20.5. The van der Waals surface area contributed by atoms with Gasteiger partial charge in [-0.1, -0.05) is 30.3 Å². The molecule has 0 spiro atoms. The number of hydrogen-bond acceptors (Lipinski definition) is 4. The highest BCUT2D eigenvalue weighted by molar-refractivity contribution is 6.06. The SMILES string of the molecule is C[C@H]1Cc2ccccc2N1C(=O)c1ccc(=O)n(CC(=O)NCc2ccc(F)cc2)n1. The summed E-state index contributed by atoms with van der Waals surface area (Å²) in [4.78, 5) is 39.2. The molecule has 0 unspecified atom stereocenters. The van der Waals surface area contributed by atoms with Gasteiger partial charge < -0.3 is 10.2 Å². The van der Waals surface area contributed by atoms with E-state index < -0.39 is 11.5 Å². The van der Waals surface area contributed by atoms with Gasteiger partial charge >= 0.3 is 0 Å². The molecule has 2 heterocycles. The highest BCUT2D eigenvalue weighted by Crippen LogP contribution is 2.32. The topological polar surface area (TPSA) is 84.3 Å². The third-order valence-electron chi connectivity index (χ3n) is 5.21. The number of carbonyl (C=O) groups is 2. The first-order valence-electron chi connectivity index (χ1n) is 9.93. The van der Waals surface area contributed by atoms with Gasteiger partial charge in [-0.05, 0) is 48.7 Å². The molecule has 158 valence electrons. The van der Waals surface area contributed by atoms with E-state index >= 15 is 0 Å². The van der Waals surface area contributed by atoms with Gasteiger partial charge in [0.1, 0.15) is 18.1 Å². The van der Waals surface area contributed by atoms with Gasteiger partial charge in [-0.2, -0.15) is 5.10 Å². The number of carbonyl (C=O) groups excluding carboxylic acids is 2. The molecule has 8 heteroatoms. The highest BCUT2D eigenvalue weighted by Gasteiger charge is 2.32. The largest absolute Gasteiger partial charge is 0.350 e. The average Bonchev–Trinajstić information content (AvgIpc) is 3.10. The number of fused-ring (bicyclic) bond motifs is 1. The van der Waals surface area contributed by atoms with Crippen LogP contribution in [0.3, 0.4) is 0 Å². The fraction of sp³-hybridized carbons (Fsp3) is 0.217. The Morgan fingerprint density at radius 1 is 1.10 bits per heavy atom. The molecule has 0 saturated carbocycles. The van der Waals surface area contributed by atoms with E-state index in [9.17, 15) is 18.8 Å². The molecule has 0 saturated heterocycles. The molecule has 1 N–H and O–H groups in total. The minimum Gasteiger partial charge on any atom is -0.350 e. The minimum absolute atomic E-state index is 0.0360. The molecule has 2 amide bonds. The maximum atomic E-state index is 13.1. The lowest BCUT2D eigenvalue weighted by Crippen LogP contribution is -2.38. The summed E-state index contributed by atoms with van der Waals surface area (Å²) in [6.07, 6.45) is 0.743. The van der Waals surface area contributed by atoms with E-state index in [4.69, 9.17) is 0 Å². The molecule has 1 aliphatic rings. The van der Waals surface area contributed by atoms with Gasteiger partial charge in [-0.15, -0.1) is 0 Å². The minimum atomic E-state index is -0.483. The van der Waals surface area contributed by atoms with E-state index in [0.717, 1.165) is 27.9 Å². The van der Waals surface area contributed by atoms with Crippen LogP contribution in [0.25, 0.3) is 0 Å².